The molecule has 0 radical (unpaired) electrons. The number of nitrogens with zero attached hydrogens (tertiary/aromatic N) is 1. The Hall–Kier alpha value is -2.67. The Kier molecular flexibility index (Phi) is 6.01. The predicted octanol–water partition coefficient (Wildman–Crippen LogP) is 3.02. The molecule has 1 aliphatic heterocycles. The molecule has 1 aromatic heterocycles. The molecule has 0 bridgehead atoms. The quantitative estimate of drug-likeness (QED) is 0.735. The van der Waals surface area contributed by atoms with Crippen molar-refractivity contribution in [1.82, 2.24) is 5.32 Å². The van der Waals surface area contributed by atoms with E-state index in [1.54, 1.807) is 28.5 Å². The van der Waals surface area contributed by atoms with Gasteiger partial charge in [-0.05, 0) is 48.6 Å². The number of nitrogens with one attached hydrogen (secondary N) is 2. The first kappa shape index (κ1) is 18.1. The monoisotopic (exact) mass is 371 g/mol. The van der Waals surface area contributed by atoms with Crippen molar-refractivity contribution >= 4 is 40.4 Å². The zero-order valence-electron chi connectivity index (χ0n) is 14.4. The maximum absolute atomic E-state index is 12.0. The van der Waals surface area contributed by atoms with Crippen LogP contribution in [-0.4, -0.2) is 30.8 Å². The molecule has 1 fully saturated rings. The molecule has 0 unspecified atom stereocenters. The summed E-state index contributed by atoms with van der Waals surface area (Å²) in [5.41, 5.74) is 2.21. The predicted molar refractivity (Wildman–Crippen MR) is 103 cm³/mol. The minimum Gasteiger partial charge on any atom is -0.352 e. The molecule has 7 heteroatoms. The molecule has 3 amide bonds. The van der Waals surface area contributed by atoms with Crippen LogP contribution in [0.5, 0.6) is 0 Å². The van der Waals surface area contributed by atoms with Crippen LogP contribution in [0.2, 0.25) is 0 Å². The van der Waals surface area contributed by atoms with Crippen LogP contribution < -0.4 is 15.5 Å². The smallest absolute Gasteiger partial charge is 0.252 e. The van der Waals surface area contributed by atoms with Crippen molar-refractivity contribution in [2.24, 2.45) is 0 Å². The highest BCUT2D eigenvalue weighted by Crippen LogP contribution is 2.23. The topological polar surface area (TPSA) is 78.5 Å². The Morgan fingerprint density at radius 3 is 2.62 bits per heavy atom. The molecule has 0 atom stereocenters. The van der Waals surface area contributed by atoms with Crippen LogP contribution in [-0.2, 0) is 9.59 Å². The zero-order valence-corrected chi connectivity index (χ0v) is 15.2. The second-order valence-corrected chi connectivity index (χ2v) is 6.90. The van der Waals surface area contributed by atoms with E-state index < -0.39 is 0 Å². The molecule has 2 N–H and O–H groups in total. The minimum absolute atomic E-state index is 0.0974. The number of carbonyl (C=O) groups excluding carboxylic acids is 3. The highest BCUT2D eigenvalue weighted by Gasteiger charge is 2.21. The molecule has 6 nitrogen and oxygen atoms in total. The van der Waals surface area contributed by atoms with Crippen molar-refractivity contribution in [3.05, 3.63) is 46.7 Å². The van der Waals surface area contributed by atoms with E-state index in [9.17, 15) is 14.4 Å². The lowest BCUT2D eigenvalue weighted by atomic mass is 10.2. The van der Waals surface area contributed by atoms with E-state index in [1.807, 2.05) is 17.5 Å². The van der Waals surface area contributed by atoms with E-state index in [1.165, 1.54) is 11.3 Å². The van der Waals surface area contributed by atoms with Gasteiger partial charge in [0.25, 0.3) is 5.91 Å². The number of amides is 3. The molecule has 136 valence electrons. The van der Waals surface area contributed by atoms with Gasteiger partial charge in [0.2, 0.25) is 11.8 Å². The average molecular weight is 371 g/mol. The van der Waals surface area contributed by atoms with E-state index in [0.717, 1.165) is 18.7 Å². The van der Waals surface area contributed by atoms with Crippen molar-refractivity contribution in [3.63, 3.8) is 0 Å². The Balaban J connectivity index is 1.39. The molecule has 26 heavy (non-hydrogen) atoms. The summed E-state index contributed by atoms with van der Waals surface area (Å²) in [5.74, 6) is -0.0650. The Labute approximate surface area is 156 Å². The van der Waals surface area contributed by atoms with Gasteiger partial charge in [-0.15, -0.1) is 0 Å². The van der Waals surface area contributed by atoms with Crippen LogP contribution in [0, 0.1) is 0 Å². The van der Waals surface area contributed by atoms with Crippen LogP contribution in [0.4, 0.5) is 11.4 Å². The van der Waals surface area contributed by atoms with Gasteiger partial charge in [-0.3, -0.25) is 14.4 Å². The van der Waals surface area contributed by atoms with E-state index in [0.29, 0.717) is 37.1 Å². The third kappa shape index (κ3) is 4.70. The van der Waals surface area contributed by atoms with Crippen molar-refractivity contribution in [1.29, 1.82) is 0 Å². The summed E-state index contributed by atoms with van der Waals surface area (Å²) in [6.07, 6.45) is 2.39. The van der Waals surface area contributed by atoms with Crippen LogP contribution in [0.25, 0.3) is 0 Å². The van der Waals surface area contributed by atoms with Crippen LogP contribution in [0.3, 0.4) is 0 Å². The SMILES string of the molecule is O=C(CCCNC(=O)c1ccsc1)Nc1ccc(N2CCCC2=O)cc1. The van der Waals surface area contributed by atoms with Gasteiger partial charge in [0, 0.05) is 48.2 Å². The fourth-order valence-corrected chi connectivity index (χ4v) is 3.45. The molecular formula is C19H21N3O3S. The van der Waals surface area contributed by atoms with Gasteiger partial charge in [-0.1, -0.05) is 0 Å². The molecule has 1 aromatic carbocycles. The van der Waals surface area contributed by atoms with Crippen molar-refractivity contribution in [2.45, 2.75) is 25.7 Å². The summed E-state index contributed by atoms with van der Waals surface area (Å²) in [5, 5.41) is 9.28. The first-order valence-electron chi connectivity index (χ1n) is 8.64. The number of thiophene rings is 1. The molecular weight excluding hydrogens is 350 g/mol. The summed E-state index contributed by atoms with van der Waals surface area (Å²) in [6.45, 7) is 1.21. The summed E-state index contributed by atoms with van der Waals surface area (Å²) in [7, 11) is 0. The summed E-state index contributed by atoms with van der Waals surface area (Å²) in [6, 6.07) is 9.07. The molecule has 0 spiro atoms. The maximum Gasteiger partial charge on any atom is 0.252 e. The zero-order chi connectivity index (χ0) is 18.4. The van der Waals surface area contributed by atoms with Gasteiger partial charge in [0.15, 0.2) is 0 Å². The Bertz CT molecular complexity index is 772. The first-order valence-corrected chi connectivity index (χ1v) is 9.58. The van der Waals surface area contributed by atoms with E-state index in [-0.39, 0.29) is 17.7 Å². The highest BCUT2D eigenvalue weighted by molar-refractivity contribution is 7.08. The lowest BCUT2D eigenvalue weighted by Gasteiger charge is -2.16. The maximum atomic E-state index is 12.0. The summed E-state index contributed by atoms with van der Waals surface area (Å²) in [4.78, 5) is 37.3. The Morgan fingerprint density at radius 2 is 1.96 bits per heavy atom. The van der Waals surface area contributed by atoms with Crippen molar-refractivity contribution in [2.75, 3.05) is 23.3 Å². The number of benzene rings is 1. The number of rotatable bonds is 7. The van der Waals surface area contributed by atoms with Crippen LogP contribution in [0.15, 0.2) is 41.1 Å². The largest absolute Gasteiger partial charge is 0.352 e. The van der Waals surface area contributed by atoms with Gasteiger partial charge in [0.1, 0.15) is 0 Å². The fourth-order valence-electron chi connectivity index (χ4n) is 2.82. The van der Waals surface area contributed by atoms with Gasteiger partial charge < -0.3 is 15.5 Å². The molecule has 0 aliphatic carbocycles. The van der Waals surface area contributed by atoms with Gasteiger partial charge in [0.05, 0.1) is 0 Å². The molecule has 0 saturated carbocycles. The third-order valence-corrected chi connectivity index (χ3v) is 4.87. The summed E-state index contributed by atoms with van der Waals surface area (Å²) >= 11 is 1.48. The fraction of sp³-hybridized carbons (Fsp3) is 0.316. The van der Waals surface area contributed by atoms with Gasteiger partial charge >= 0.3 is 0 Å². The standard InChI is InChI=1S/C19H21N3O3S/c23-17(3-1-10-20-19(25)14-9-12-26-13-14)21-15-5-7-16(8-6-15)22-11-2-4-18(22)24/h5-9,12-13H,1-4,10-11H2,(H,20,25)(H,21,23). The van der Waals surface area contributed by atoms with Crippen LogP contribution in [0.1, 0.15) is 36.0 Å². The molecule has 1 saturated heterocycles. The lowest BCUT2D eigenvalue weighted by Crippen LogP contribution is -2.25. The van der Waals surface area contributed by atoms with Gasteiger partial charge in [-0.25, -0.2) is 0 Å². The van der Waals surface area contributed by atoms with E-state index in [2.05, 4.69) is 10.6 Å². The second-order valence-electron chi connectivity index (χ2n) is 6.12. The Morgan fingerprint density at radius 1 is 1.15 bits per heavy atom. The van der Waals surface area contributed by atoms with Gasteiger partial charge in [-0.2, -0.15) is 11.3 Å². The van der Waals surface area contributed by atoms with Crippen LogP contribution >= 0.6 is 11.3 Å². The molecule has 3 rings (SSSR count). The molecule has 2 aromatic rings. The lowest BCUT2D eigenvalue weighted by molar-refractivity contribution is -0.117. The van der Waals surface area contributed by atoms with E-state index in [4.69, 9.17) is 0 Å². The second kappa shape index (κ2) is 8.62. The number of carbonyl (C=O) groups is 3. The van der Waals surface area contributed by atoms with Crippen molar-refractivity contribution < 1.29 is 14.4 Å². The summed E-state index contributed by atoms with van der Waals surface area (Å²) < 4.78 is 0. The first-order chi connectivity index (χ1) is 12.6. The number of anilines is 2. The minimum atomic E-state index is -0.112. The van der Waals surface area contributed by atoms with Crippen molar-refractivity contribution in [3.8, 4) is 0 Å². The average Bonchev–Trinajstić information content (AvgIpc) is 3.31. The van der Waals surface area contributed by atoms with E-state index >= 15 is 0 Å². The third-order valence-electron chi connectivity index (χ3n) is 4.19. The number of hydrogen-bond donors (Lipinski definition) is 2. The molecule has 1 aliphatic rings. The highest BCUT2D eigenvalue weighted by atomic mass is 32.1. The number of hydrogen-bond acceptors (Lipinski definition) is 4. The normalized spacial score (nSPS) is 13.7. The molecule has 2 heterocycles.